The first-order valence-electron chi connectivity index (χ1n) is 7.97. The number of carbonyl (C=O) groups is 3. The minimum Gasteiger partial charge on any atom is -0.497 e. The van der Waals surface area contributed by atoms with E-state index in [0.717, 1.165) is 6.41 Å². The van der Waals surface area contributed by atoms with E-state index in [0.29, 0.717) is 43.4 Å². The molecule has 0 unspecified atom stereocenters. The summed E-state index contributed by atoms with van der Waals surface area (Å²) in [6.07, 6.45) is 0.783. The second-order valence-corrected chi connectivity index (χ2v) is 5.67. The van der Waals surface area contributed by atoms with E-state index >= 15 is 0 Å². The quantitative estimate of drug-likeness (QED) is 0.693. The van der Waals surface area contributed by atoms with Gasteiger partial charge in [-0.3, -0.25) is 19.3 Å². The Morgan fingerprint density at radius 3 is 2.36 bits per heavy atom. The minimum atomic E-state index is -0.272. The number of amides is 3. The lowest BCUT2D eigenvalue weighted by Crippen LogP contribution is -2.51. The number of methoxy groups -OCH3 is 2. The van der Waals surface area contributed by atoms with Gasteiger partial charge >= 0.3 is 0 Å². The fourth-order valence-corrected chi connectivity index (χ4v) is 2.69. The molecule has 1 aromatic carbocycles. The van der Waals surface area contributed by atoms with Gasteiger partial charge in [-0.1, -0.05) is 0 Å². The van der Waals surface area contributed by atoms with E-state index in [1.807, 2.05) is 0 Å². The van der Waals surface area contributed by atoms with Crippen LogP contribution >= 0.6 is 0 Å². The summed E-state index contributed by atoms with van der Waals surface area (Å²) in [5.41, 5.74) is 0.481. The first-order chi connectivity index (χ1) is 12.0. The number of nitrogens with zero attached hydrogens (tertiary/aromatic N) is 3. The molecule has 0 saturated carbocycles. The Bertz CT molecular complexity index is 641. The molecule has 1 aliphatic heterocycles. The number of hydrogen-bond donors (Lipinski definition) is 0. The number of rotatable bonds is 6. The van der Waals surface area contributed by atoms with Crippen LogP contribution in [0.3, 0.4) is 0 Å². The van der Waals surface area contributed by atoms with Crippen LogP contribution in [0.15, 0.2) is 18.2 Å². The Balaban J connectivity index is 2.17. The van der Waals surface area contributed by atoms with E-state index in [4.69, 9.17) is 9.47 Å². The van der Waals surface area contributed by atoms with Crippen molar-refractivity contribution in [3.05, 3.63) is 18.2 Å². The lowest BCUT2D eigenvalue weighted by molar-refractivity contribution is -0.134. The molecule has 8 heteroatoms. The normalized spacial score (nSPS) is 14.0. The van der Waals surface area contributed by atoms with Gasteiger partial charge in [-0.15, -0.1) is 0 Å². The fourth-order valence-electron chi connectivity index (χ4n) is 2.69. The van der Waals surface area contributed by atoms with Crippen molar-refractivity contribution in [3.8, 4) is 11.5 Å². The van der Waals surface area contributed by atoms with Crippen LogP contribution in [-0.2, 0) is 14.4 Å². The van der Waals surface area contributed by atoms with Crippen LogP contribution < -0.4 is 14.4 Å². The van der Waals surface area contributed by atoms with Crippen LogP contribution in [0.1, 0.15) is 6.92 Å². The van der Waals surface area contributed by atoms with E-state index in [-0.39, 0.29) is 18.4 Å². The Morgan fingerprint density at radius 2 is 1.84 bits per heavy atom. The topological polar surface area (TPSA) is 79.4 Å². The van der Waals surface area contributed by atoms with Gasteiger partial charge in [0.05, 0.1) is 19.9 Å². The largest absolute Gasteiger partial charge is 0.497 e. The number of anilines is 1. The third-order valence-electron chi connectivity index (χ3n) is 4.17. The predicted octanol–water partition coefficient (Wildman–Crippen LogP) is 0.357. The maximum Gasteiger partial charge on any atom is 0.242 e. The van der Waals surface area contributed by atoms with E-state index in [2.05, 4.69) is 0 Å². The minimum absolute atomic E-state index is 0.0973. The molecule has 0 radical (unpaired) electrons. The number of benzene rings is 1. The lowest BCUT2D eigenvalue weighted by atomic mass is 10.2. The average molecular weight is 349 g/mol. The summed E-state index contributed by atoms with van der Waals surface area (Å²) in [6.45, 7) is 3.21. The van der Waals surface area contributed by atoms with Gasteiger partial charge in [-0.05, 0) is 12.1 Å². The highest BCUT2D eigenvalue weighted by molar-refractivity contribution is 5.99. The second-order valence-electron chi connectivity index (χ2n) is 5.67. The van der Waals surface area contributed by atoms with Gasteiger partial charge in [0, 0.05) is 39.2 Å². The number of ether oxygens (including phenoxy) is 2. The maximum atomic E-state index is 12.6. The van der Waals surface area contributed by atoms with Crippen molar-refractivity contribution < 1.29 is 23.9 Å². The molecule has 1 aliphatic rings. The SMILES string of the molecule is COc1ccc(OC)c(N(CC(=O)N2CCN(C=O)CC2)C(C)=O)c1. The number of hydrogen-bond acceptors (Lipinski definition) is 5. The van der Waals surface area contributed by atoms with E-state index < -0.39 is 0 Å². The van der Waals surface area contributed by atoms with E-state index in [1.54, 1.807) is 28.0 Å². The molecule has 0 atom stereocenters. The molecule has 2 rings (SSSR count). The molecule has 8 nitrogen and oxygen atoms in total. The van der Waals surface area contributed by atoms with Gasteiger partial charge in [0.1, 0.15) is 18.0 Å². The average Bonchev–Trinajstić information content (AvgIpc) is 2.65. The molecule has 136 valence electrons. The summed E-state index contributed by atoms with van der Waals surface area (Å²) < 4.78 is 10.5. The van der Waals surface area contributed by atoms with E-state index in [9.17, 15) is 14.4 Å². The Kier molecular flexibility index (Phi) is 6.21. The zero-order valence-electron chi connectivity index (χ0n) is 14.7. The highest BCUT2D eigenvalue weighted by Crippen LogP contribution is 2.32. The summed E-state index contributed by atoms with van der Waals surface area (Å²) in [5, 5.41) is 0. The molecular formula is C17H23N3O5. The van der Waals surface area contributed by atoms with Crippen LogP contribution in [-0.4, -0.2) is 75.0 Å². The Morgan fingerprint density at radius 1 is 1.16 bits per heavy atom. The third kappa shape index (κ3) is 4.40. The highest BCUT2D eigenvalue weighted by atomic mass is 16.5. The summed E-state index contributed by atoms with van der Waals surface area (Å²) in [4.78, 5) is 40.1. The Labute approximate surface area is 146 Å². The predicted molar refractivity (Wildman–Crippen MR) is 91.8 cm³/mol. The van der Waals surface area contributed by atoms with Gasteiger partial charge in [0.15, 0.2) is 0 Å². The number of carbonyl (C=O) groups excluding carboxylic acids is 3. The maximum absolute atomic E-state index is 12.6. The molecule has 1 fully saturated rings. The summed E-state index contributed by atoms with van der Waals surface area (Å²) in [5.74, 6) is 0.598. The second kappa shape index (κ2) is 8.36. The van der Waals surface area contributed by atoms with Crippen molar-refractivity contribution in [2.45, 2.75) is 6.92 Å². The van der Waals surface area contributed by atoms with Crippen molar-refractivity contribution in [1.29, 1.82) is 0 Å². The summed E-state index contributed by atoms with van der Waals surface area (Å²) in [7, 11) is 3.03. The van der Waals surface area contributed by atoms with Gasteiger partial charge in [-0.2, -0.15) is 0 Å². The highest BCUT2D eigenvalue weighted by Gasteiger charge is 2.25. The van der Waals surface area contributed by atoms with Crippen LogP contribution in [0.25, 0.3) is 0 Å². The number of piperazine rings is 1. The standard InChI is InChI=1S/C17H23N3O5/c1-13(22)20(15-10-14(24-2)4-5-16(15)25-3)11-17(23)19-8-6-18(12-21)7-9-19/h4-5,10,12H,6-9,11H2,1-3H3. The van der Waals surface area contributed by atoms with Crippen molar-refractivity contribution >= 4 is 23.9 Å². The van der Waals surface area contributed by atoms with E-state index in [1.165, 1.54) is 26.0 Å². The lowest BCUT2D eigenvalue weighted by Gasteiger charge is -2.34. The zero-order valence-corrected chi connectivity index (χ0v) is 14.7. The first kappa shape index (κ1) is 18.6. The summed E-state index contributed by atoms with van der Waals surface area (Å²) >= 11 is 0. The molecule has 0 bridgehead atoms. The molecule has 0 aliphatic carbocycles. The van der Waals surface area contributed by atoms with Gasteiger partial charge in [0.25, 0.3) is 0 Å². The van der Waals surface area contributed by atoms with Gasteiger partial charge < -0.3 is 19.3 Å². The molecule has 1 saturated heterocycles. The molecule has 3 amide bonds. The van der Waals surface area contributed by atoms with Crippen molar-refractivity contribution in [2.75, 3.05) is 51.8 Å². The van der Waals surface area contributed by atoms with Crippen molar-refractivity contribution in [2.24, 2.45) is 0 Å². The molecule has 1 heterocycles. The molecule has 0 N–H and O–H groups in total. The third-order valence-corrected chi connectivity index (χ3v) is 4.17. The van der Waals surface area contributed by atoms with Gasteiger partial charge in [0.2, 0.25) is 18.2 Å². The van der Waals surface area contributed by atoms with Crippen molar-refractivity contribution in [1.82, 2.24) is 9.80 Å². The van der Waals surface area contributed by atoms with Crippen LogP contribution in [0.2, 0.25) is 0 Å². The van der Waals surface area contributed by atoms with Crippen LogP contribution in [0.4, 0.5) is 5.69 Å². The fraction of sp³-hybridized carbons (Fsp3) is 0.471. The molecule has 25 heavy (non-hydrogen) atoms. The summed E-state index contributed by atoms with van der Waals surface area (Å²) in [6, 6.07) is 5.08. The molecule has 1 aromatic rings. The molecular weight excluding hydrogens is 326 g/mol. The smallest absolute Gasteiger partial charge is 0.242 e. The van der Waals surface area contributed by atoms with Gasteiger partial charge in [-0.25, -0.2) is 0 Å². The van der Waals surface area contributed by atoms with Crippen LogP contribution in [0.5, 0.6) is 11.5 Å². The first-order valence-corrected chi connectivity index (χ1v) is 7.97. The molecule has 0 spiro atoms. The molecule has 0 aromatic heterocycles. The zero-order chi connectivity index (χ0) is 18.4. The Hall–Kier alpha value is -2.77. The van der Waals surface area contributed by atoms with Crippen LogP contribution in [0, 0.1) is 0 Å². The monoisotopic (exact) mass is 349 g/mol. The van der Waals surface area contributed by atoms with Crippen molar-refractivity contribution in [3.63, 3.8) is 0 Å².